The Morgan fingerprint density at radius 2 is 0.722 bits per heavy atom. The van der Waals surface area contributed by atoms with Crippen LogP contribution in [0, 0.1) is 48.5 Å². The number of aryl methyl sites for hydroxylation is 7. The van der Waals surface area contributed by atoms with Gasteiger partial charge in [-0.05, 0) is 176 Å². The Morgan fingerprint density at radius 1 is 0.370 bits per heavy atom. The van der Waals surface area contributed by atoms with Gasteiger partial charge in [0, 0.05) is 5.69 Å². The number of nitrogen functional groups attached to an aromatic ring is 1. The average molecular weight is 710 g/mol. The summed E-state index contributed by atoms with van der Waals surface area (Å²) >= 11 is 0. The van der Waals surface area contributed by atoms with Crippen LogP contribution in [0.1, 0.15) is 80.4 Å². The lowest BCUT2D eigenvalue weighted by molar-refractivity contribution is 0.0910. The van der Waals surface area contributed by atoms with E-state index in [0.717, 1.165) is 66.8 Å². The van der Waals surface area contributed by atoms with Crippen molar-refractivity contribution in [1.82, 2.24) is 0 Å². The van der Waals surface area contributed by atoms with E-state index in [1.807, 2.05) is 82.3 Å². The highest BCUT2D eigenvalue weighted by atomic mass is 16.2. The second-order valence-corrected chi connectivity index (χ2v) is 14.7. The number of fused-ring (bicyclic) bond motifs is 2. The Morgan fingerprint density at radius 3 is 1.11 bits per heavy atom. The minimum Gasteiger partial charge on any atom is -0.399 e. The minimum absolute atomic E-state index is 0.348. The molecule has 6 aromatic rings. The van der Waals surface area contributed by atoms with Crippen molar-refractivity contribution in [3.05, 3.63) is 158 Å². The van der Waals surface area contributed by atoms with Crippen LogP contribution in [0.2, 0.25) is 0 Å². The van der Waals surface area contributed by atoms with Crippen LogP contribution in [-0.2, 0) is 0 Å². The molecule has 0 aliphatic carbocycles. The molecule has 2 N–H and O–H groups in total. The number of nitrogens with zero attached hydrogens (tertiary/aromatic N) is 2. The molecular weight excluding hydrogens is 671 g/mol. The molecule has 0 aromatic heterocycles. The summed E-state index contributed by atoms with van der Waals surface area (Å²) in [4.78, 5) is 57.3. The smallest absolute Gasteiger partial charge is 0.266 e. The number of benzene rings is 6. The summed E-state index contributed by atoms with van der Waals surface area (Å²) in [5, 5.41) is 0. The lowest BCUT2D eigenvalue weighted by Gasteiger charge is -2.19. The van der Waals surface area contributed by atoms with E-state index in [2.05, 4.69) is 32.9 Å². The zero-order chi connectivity index (χ0) is 38.3. The van der Waals surface area contributed by atoms with E-state index in [-0.39, 0.29) is 23.6 Å². The van der Waals surface area contributed by atoms with Gasteiger partial charge in [0.15, 0.2) is 0 Å². The molecule has 7 heteroatoms. The number of imide groups is 2. The number of hydrogen-bond acceptors (Lipinski definition) is 5. The second-order valence-electron chi connectivity index (χ2n) is 14.7. The quantitative estimate of drug-likeness (QED) is 0.142. The maximum absolute atomic E-state index is 13.8. The van der Waals surface area contributed by atoms with Crippen LogP contribution in [-0.4, -0.2) is 23.6 Å². The topological polar surface area (TPSA) is 101 Å². The molecular formula is C47H39N3O4. The van der Waals surface area contributed by atoms with E-state index in [9.17, 15) is 19.2 Å². The fraction of sp³-hybridized carbons (Fsp3) is 0.149. The summed E-state index contributed by atoms with van der Waals surface area (Å²) in [6.45, 7) is 14.0. The Hall–Kier alpha value is -6.60. The highest BCUT2D eigenvalue weighted by Gasteiger charge is 2.38. The molecule has 0 saturated heterocycles. The molecule has 2 heterocycles. The van der Waals surface area contributed by atoms with Gasteiger partial charge in [0.1, 0.15) is 0 Å². The van der Waals surface area contributed by atoms with Crippen molar-refractivity contribution in [3.63, 3.8) is 0 Å². The van der Waals surface area contributed by atoms with Crippen LogP contribution in [0.25, 0.3) is 33.4 Å². The van der Waals surface area contributed by atoms with Crippen LogP contribution in [0.15, 0.2) is 97.1 Å². The molecule has 0 radical (unpaired) electrons. The molecule has 2 aliphatic heterocycles. The van der Waals surface area contributed by atoms with Crippen molar-refractivity contribution in [1.29, 1.82) is 0 Å². The average Bonchev–Trinajstić information content (AvgIpc) is 3.50. The van der Waals surface area contributed by atoms with Crippen molar-refractivity contribution in [2.45, 2.75) is 48.5 Å². The van der Waals surface area contributed by atoms with E-state index in [0.29, 0.717) is 39.3 Å². The van der Waals surface area contributed by atoms with Gasteiger partial charge < -0.3 is 5.73 Å². The molecule has 0 bridgehead atoms. The summed E-state index contributed by atoms with van der Waals surface area (Å²) in [6, 6.07) is 30.1. The molecule has 54 heavy (non-hydrogen) atoms. The van der Waals surface area contributed by atoms with Gasteiger partial charge in [0.05, 0.1) is 33.6 Å². The molecule has 0 spiro atoms. The van der Waals surface area contributed by atoms with Crippen LogP contribution in [0.4, 0.5) is 17.1 Å². The lowest BCUT2D eigenvalue weighted by atomic mass is 9.92. The number of nitrogens with two attached hydrogens (primary N) is 1. The van der Waals surface area contributed by atoms with Crippen LogP contribution in [0.3, 0.4) is 0 Å². The van der Waals surface area contributed by atoms with Crippen LogP contribution in [0.5, 0.6) is 0 Å². The molecule has 0 atom stereocenters. The fourth-order valence-electron chi connectivity index (χ4n) is 8.53. The number of rotatable bonds is 5. The van der Waals surface area contributed by atoms with Crippen molar-refractivity contribution in [2.24, 2.45) is 0 Å². The molecule has 6 aromatic carbocycles. The Kier molecular flexibility index (Phi) is 8.00. The second kappa shape index (κ2) is 12.5. The lowest BCUT2D eigenvalue weighted by Crippen LogP contribution is -2.29. The van der Waals surface area contributed by atoms with Gasteiger partial charge in [0.25, 0.3) is 23.6 Å². The first-order chi connectivity index (χ1) is 25.7. The van der Waals surface area contributed by atoms with Crippen LogP contribution < -0.4 is 15.5 Å². The number of carbonyl (C=O) groups excluding carboxylic acids is 4. The first-order valence-corrected chi connectivity index (χ1v) is 18.0. The third-order valence-electron chi connectivity index (χ3n) is 10.8. The minimum atomic E-state index is -0.368. The van der Waals surface area contributed by atoms with Crippen molar-refractivity contribution in [2.75, 3.05) is 15.5 Å². The van der Waals surface area contributed by atoms with Gasteiger partial charge in [-0.2, -0.15) is 0 Å². The monoisotopic (exact) mass is 709 g/mol. The third kappa shape index (κ3) is 5.35. The summed E-state index contributed by atoms with van der Waals surface area (Å²) < 4.78 is 0. The predicted molar refractivity (Wildman–Crippen MR) is 215 cm³/mol. The van der Waals surface area contributed by atoms with E-state index in [1.165, 1.54) is 15.4 Å². The molecule has 7 nitrogen and oxygen atoms in total. The maximum atomic E-state index is 13.8. The Bertz CT molecular complexity index is 2460. The number of hydrogen-bond donors (Lipinski definition) is 1. The molecule has 4 amide bonds. The summed E-state index contributed by atoms with van der Waals surface area (Å²) in [6.07, 6.45) is 0. The van der Waals surface area contributed by atoms with E-state index in [4.69, 9.17) is 5.73 Å². The van der Waals surface area contributed by atoms with Crippen molar-refractivity contribution >= 4 is 40.7 Å². The summed E-state index contributed by atoms with van der Waals surface area (Å²) in [5.74, 6) is -1.43. The number of amides is 4. The van der Waals surface area contributed by atoms with Gasteiger partial charge in [0.2, 0.25) is 0 Å². The predicted octanol–water partition coefficient (Wildman–Crippen LogP) is 10.0. The van der Waals surface area contributed by atoms with E-state index in [1.54, 1.807) is 30.3 Å². The molecule has 266 valence electrons. The number of anilines is 3. The van der Waals surface area contributed by atoms with Gasteiger partial charge in [-0.3, -0.25) is 19.2 Å². The SMILES string of the molecule is Cc1cc(C)c(-c2ccc3c(c2)C(=O)N(c2ccc(-c4ccc(N5C(=O)c6ccc(-c7c(C)cc(N)cc7C)cc6C5=O)cc4C)c(C)c2)C3=O)c(C)c1. The van der Waals surface area contributed by atoms with Crippen molar-refractivity contribution < 1.29 is 19.2 Å². The van der Waals surface area contributed by atoms with Crippen LogP contribution >= 0.6 is 0 Å². The number of carbonyl (C=O) groups is 4. The molecule has 2 aliphatic rings. The Labute approximate surface area is 314 Å². The van der Waals surface area contributed by atoms with Gasteiger partial charge in [-0.25, -0.2) is 9.80 Å². The highest BCUT2D eigenvalue weighted by molar-refractivity contribution is 6.35. The van der Waals surface area contributed by atoms with E-state index >= 15 is 0 Å². The molecule has 0 saturated carbocycles. The zero-order valence-corrected chi connectivity index (χ0v) is 31.3. The first kappa shape index (κ1) is 34.5. The standard InChI is InChI=1S/C47H39N3O4/c1-24-16-27(4)42(28(5)17-24)31-8-12-38-40(22-31)46(53)49(44(38)51)34-10-14-36(25(2)20-34)37-15-11-35(21-26(37)3)50-45(52)39-13-9-32(23-41(39)47(50)54)43-29(6)18-33(48)19-30(43)7/h8-23H,48H2,1-7H3. The van der Waals surface area contributed by atoms with Gasteiger partial charge >= 0.3 is 0 Å². The first-order valence-electron chi connectivity index (χ1n) is 18.0. The van der Waals surface area contributed by atoms with Crippen molar-refractivity contribution in [3.8, 4) is 33.4 Å². The summed E-state index contributed by atoms with van der Waals surface area (Å²) in [7, 11) is 0. The third-order valence-corrected chi connectivity index (χ3v) is 10.8. The van der Waals surface area contributed by atoms with Gasteiger partial charge in [-0.1, -0.05) is 42.0 Å². The molecule has 0 fully saturated rings. The fourth-order valence-corrected chi connectivity index (χ4v) is 8.53. The zero-order valence-electron chi connectivity index (χ0n) is 31.3. The highest BCUT2D eigenvalue weighted by Crippen LogP contribution is 2.39. The summed E-state index contributed by atoms with van der Waals surface area (Å²) in [5.41, 5.74) is 22.0. The molecule has 8 rings (SSSR count). The normalized spacial score (nSPS) is 13.6. The van der Waals surface area contributed by atoms with E-state index < -0.39 is 0 Å². The van der Waals surface area contributed by atoms with Gasteiger partial charge in [-0.15, -0.1) is 0 Å². The molecule has 0 unspecified atom stereocenters. The largest absolute Gasteiger partial charge is 0.399 e. The Balaban J connectivity index is 1.06. The maximum Gasteiger partial charge on any atom is 0.266 e.